The van der Waals surface area contributed by atoms with Crippen molar-refractivity contribution in [3.05, 3.63) is 29.8 Å². The van der Waals surface area contributed by atoms with E-state index >= 15 is 0 Å². The van der Waals surface area contributed by atoms with Crippen LogP contribution in [0.5, 0.6) is 5.75 Å². The maximum atomic E-state index is 13.4. The summed E-state index contributed by atoms with van der Waals surface area (Å²) in [5.41, 5.74) is 0.680. The summed E-state index contributed by atoms with van der Waals surface area (Å²) >= 11 is 0. The average molecular weight is 387 g/mol. The minimum atomic E-state index is 0.0859. The van der Waals surface area contributed by atoms with Crippen molar-refractivity contribution in [1.29, 1.82) is 0 Å². The number of hydrogen-bond donors (Lipinski definition) is 1. The normalized spacial score (nSPS) is 30.0. The standard InChI is InChI=1S/C23H34N2O3/c1-2-3-12-28-22-10-5-4-8-19(22)23(27)24-14-17-13-18(15-24)21(16-26)25-11-7-6-9-20(17)25/h4-5,8,10,17-18,20-21,26H,2-3,6-7,9,11-16H2,1H3/t17-,18+,20+,21+/m1/s1. The van der Waals surface area contributed by atoms with Crippen molar-refractivity contribution in [3.63, 3.8) is 0 Å². The molecule has 1 N–H and O–H groups in total. The van der Waals surface area contributed by atoms with Gasteiger partial charge in [-0.3, -0.25) is 9.69 Å². The first-order chi connectivity index (χ1) is 13.7. The van der Waals surface area contributed by atoms with E-state index in [1.54, 1.807) is 0 Å². The fourth-order valence-electron chi connectivity index (χ4n) is 5.59. The van der Waals surface area contributed by atoms with E-state index in [2.05, 4.69) is 11.8 Å². The van der Waals surface area contributed by atoms with Gasteiger partial charge in [-0.1, -0.05) is 31.9 Å². The number of fused-ring (bicyclic) bond motifs is 4. The third-order valence-corrected chi connectivity index (χ3v) is 6.97. The van der Waals surface area contributed by atoms with Gasteiger partial charge in [-0.25, -0.2) is 0 Å². The van der Waals surface area contributed by atoms with Crippen LogP contribution in [0, 0.1) is 11.8 Å². The lowest BCUT2D eigenvalue weighted by Gasteiger charge is -2.56. The predicted octanol–water partition coefficient (Wildman–Crippen LogP) is 3.17. The van der Waals surface area contributed by atoms with Gasteiger partial charge in [0.25, 0.3) is 5.91 Å². The van der Waals surface area contributed by atoms with Crippen LogP contribution in [-0.4, -0.2) is 65.7 Å². The Morgan fingerprint density at radius 2 is 2.04 bits per heavy atom. The Bertz CT molecular complexity index is 666. The van der Waals surface area contributed by atoms with E-state index in [4.69, 9.17) is 4.74 Å². The van der Waals surface area contributed by atoms with Gasteiger partial charge >= 0.3 is 0 Å². The number of hydrogen-bond acceptors (Lipinski definition) is 4. The number of ether oxygens (including phenoxy) is 1. The summed E-state index contributed by atoms with van der Waals surface area (Å²) in [6.45, 7) is 5.66. The molecule has 1 aromatic rings. The zero-order chi connectivity index (χ0) is 19.5. The monoisotopic (exact) mass is 386 g/mol. The first-order valence-electron chi connectivity index (χ1n) is 11.1. The molecule has 4 rings (SSSR count). The van der Waals surface area contributed by atoms with Crippen molar-refractivity contribution in [2.45, 2.75) is 57.5 Å². The van der Waals surface area contributed by atoms with Crippen molar-refractivity contribution in [2.75, 3.05) is 32.8 Å². The number of rotatable bonds is 6. The first kappa shape index (κ1) is 19.7. The molecule has 0 spiro atoms. The van der Waals surface area contributed by atoms with Crippen molar-refractivity contribution >= 4 is 5.91 Å². The van der Waals surface area contributed by atoms with Crippen LogP contribution in [0.4, 0.5) is 0 Å². The summed E-state index contributed by atoms with van der Waals surface area (Å²) < 4.78 is 5.92. The second-order valence-corrected chi connectivity index (χ2v) is 8.72. The molecule has 0 aromatic heterocycles. The van der Waals surface area contributed by atoms with Crippen molar-refractivity contribution < 1.29 is 14.6 Å². The molecule has 3 aliphatic heterocycles. The van der Waals surface area contributed by atoms with E-state index in [1.807, 2.05) is 29.2 Å². The van der Waals surface area contributed by atoms with E-state index in [0.29, 0.717) is 35.8 Å². The Balaban J connectivity index is 1.52. The number of piperidine rings is 3. The summed E-state index contributed by atoms with van der Waals surface area (Å²) in [5.74, 6) is 1.69. The molecule has 0 aliphatic carbocycles. The van der Waals surface area contributed by atoms with Crippen LogP contribution >= 0.6 is 0 Å². The zero-order valence-electron chi connectivity index (χ0n) is 17.1. The van der Waals surface area contributed by atoms with E-state index in [9.17, 15) is 9.90 Å². The van der Waals surface area contributed by atoms with Gasteiger partial charge in [-0.15, -0.1) is 0 Å². The zero-order valence-corrected chi connectivity index (χ0v) is 17.1. The highest BCUT2D eigenvalue weighted by molar-refractivity contribution is 5.97. The summed E-state index contributed by atoms with van der Waals surface area (Å²) in [5, 5.41) is 10.1. The van der Waals surface area contributed by atoms with E-state index in [1.165, 1.54) is 19.3 Å². The van der Waals surface area contributed by atoms with Crippen LogP contribution in [0.1, 0.15) is 55.8 Å². The molecule has 1 amide bonds. The Kier molecular flexibility index (Phi) is 6.22. The molecule has 0 unspecified atom stereocenters. The highest BCUT2D eigenvalue weighted by Crippen LogP contribution is 2.41. The van der Waals surface area contributed by atoms with E-state index < -0.39 is 0 Å². The molecule has 3 heterocycles. The predicted molar refractivity (Wildman–Crippen MR) is 110 cm³/mol. The molecule has 0 radical (unpaired) electrons. The van der Waals surface area contributed by atoms with Crippen LogP contribution in [-0.2, 0) is 0 Å². The number of carbonyl (C=O) groups is 1. The molecular weight excluding hydrogens is 352 g/mol. The Morgan fingerprint density at radius 1 is 1.21 bits per heavy atom. The summed E-state index contributed by atoms with van der Waals surface area (Å²) in [4.78, 5) is 18.0. The molecule has 5 nitrogen and oxygen atoms in total. The highest BCUT2D eigenvalue weighted by atomic mass is 16.5. The lowest BCUT2D eigenvalue weighted by atomic mass is 9.72. The molecule has 1 aromatic carbocycles. The number of aliphatic hydroxyl groups excluding tert-OH is 1. The molecular formula is C23H34N2O3. The van der Waals surface area contributed by atoms with Crippen molar-refractivity contribution in [3.8, 4) is 5.75 Å². The molecule has 4 atom stereocenters. The Labute approximate surface area is 168 Å². The molecule has 154 valence electrons. The summed E-state index contributed by atoms with van der Waals surface area (Å²) in [6, 6.07) is 8.38. The number of unbranched alkanes of at least 4 members (excludes halogenated alkanes) is 1. The molecule has 0 saturated carbocycles. The first-order valence-corrected chi connectivity index (χ1v) is 11.1. The number of likely N-dealkylation sites (tertiary alicyclic amines) is 1. The van der Waals surface area contributed by atoms with Gasteiger partial charge in [0.05, 0.1) is 18.8 Å². The van der Waals surface area contributed by atoms with Gasteiger partial charge in [-0.05, 0) is 56.2 Å². The minimum Gasteiger partial charge on any atom is -0.493 e. The Morgan fingerprint density at radius 3 is 2.86 bits per heavy atom. The van der Waals surface area contributed by atoms with Crippen molar-refractivity contribution in [2.24, 2.45) is 11.8 Å². The fourth-order valence-corrected chi connectivity index (χ4v) is 5.59. The van der Waals surface area contributed by atoms with Gasteiger partial charge in [-0.2, -0.15) is 0 Å². The van der Waals surface area contributed by atoms with Crippen LogP contribution in [0.2, 0.25) is 0 Å². The second-order valence-electron chi connectivity index (χ2n) is 8.72. The maximum absolute atomic E-state index is 13.4. The average Bonchev–Trinajstić information content (AvgIpc) is 2.74. The minimum absolute atomic E-state index is 0.0859. The third-order valence-electron chi connectivity index (χ3n) is 6.97. The van der Waals surface area contributed by atoms with Crippen LogP contribution in [0.3, 0.4) is 0 Å². The summed E-state index contributed by atoms with van der Waals surface area (Å²) in [7, 11) is 0. The van der Waals surface area contributed by atoms with Crippen LogP contribution in [0.25, 0.3) is 0 Å². The number of amides is 1. The van der Waals surface area contributed by atoms with Gasteiger partial charge in [0.1, 0.15) is 5.75 Å². The maximum Gasteiger partial charge on any atom is 0.257 e. The van der Waals surface area contributed by atoms with Crippen LogP contribution in [0.15, 0.2) is 24.3 Å². The lowest BCUT2D eigenvalue weighted by molar-refractivity contribution is -0.0795. The molecule has 3 aliphatic rings. The summed E-state index contributed by atoms with van der Waals surface area (Å²) in [6.07, 6.45) is 6.91. The number of aliphatic hydroxyl groups is 1. The third kappa shape index (κ3) is 3.79. The lowest BCUT2D eigenvalue weighted by Crippen LogP contribution is -2.65. The fraction of sp³-hybridized carbons (Fsp3) is 0.696. The molecule has 3 saturated heterocycles. The van der Waals surface area contributed by atoms with E-state index in [0.717, 1.165) is 38.9 Å². The van der Waals surface area contributed by atoms with Gasteiger partial charge in [0.2, 0.25) is 0 Å². The van der Waals surface area contributed by atoms with Crippen molar-refractivity contribution in [1.82, 2.24) is 9.80 Å². The second kappa shape index (κ2) is 8.83. The quantitative estimate of drug-likeness (QED) is 0.763. The van der Waals surface area contributed by atoms with Gasteiger partial charge < -0.3 is 14.7 Å². The molecule has 3 fully saturated rings. The highest BCUT2D eigenvalue weighted by Gasteiger charge is 2.47. The smallest absolute Gasteiger partial charge is 0.257 e. The molecule has 2 bridgehead atoms. The molecule has 28 heavy (non-hydrogen) atoms. The number of para-hydroxylation sites is 1. The Hall–Kier alpha value is -1.59. The number of nitrogens with zero attached hydrogens (tertiary/aromatic N) is 2. The number of carbonyl (C=O) groups excluding carboxylic acids is 1. The topological polar surface area (TPSA) is 53.0 Å². The van der Waals surface area contributed by atoms with Gasteiger partial charge in [0, 0.05) is 25.2 Å². The number of benzene rings is 1. The van der Waals surface area contributed by atoms with E-state index in [-0.39, 0.29) is 18.6 Å². The van der Waals surface area contributed by atoms with Gasteiger partial charge in [0.15, 0.2) is 0 Å². The largest absolute Gasteiger partial charge is 0.493 e. The molecule has 5 heteroatoms. The van der Waals surface area contributed by atoms with Crippen LogP contribution < -0.4 is 4.74 Å². The SMILES string of the molecule is CCCCOc1ccccc1C(=O)N1C[C@H]2C[C@@H](C1)[C@H](CO)N1CCCC[C@@H]21.